The molecule has 1 heterocycles. The van der Waals surface area contributed by atoms with Crippen molar-refractivity contribution >= 4 is 22.5 Å². The number of anilines is 1. The Balaban J connectivity index is 2.71. The van der Waals surface area contributed by atoms with Crippen LogP contribution in [0.4, 0.5) is 5.69 Å². The van der Waals surface area contributed by atoms with Gasteiger partial charge in [0.05, 0.1) is 5.69 Å². The normalized spacial score (nSPS) is 10.6. The molecule has 0 saturated carbocycles. The highest BCUT2D eigenvalue weighted by molar-refractivity contribution is 6.03. The number of aryl methyl sites for hydroxylation is 2. The van der Waals surface area contributed by atoms with Gasteiger partial charge in [0.15, 0.2) is 0 Å². The van der Waals surface area contributed by atoms with E-state index in [1.807, 2.05) is 32.0 Å². The highest BCUT2D eigenvalue weighted by Gasteiger charge is 2.10. The molecule has 3 nitrogen and oxygen atoms in total. The smallest absolute Gasteiger partial charge is 0.221 e. The molecule has 0 spiro atoms. The molecule has 78 valence electrons. The molecule has 0 radical (unpaired) electrons. The third-order valence-corrected chi connectivity index (χ3v) is 2.52. The minimum Gasteiger partial charge on any atom is -0.357 e. The Bertz CT molecular complexity index is 526. The molecule has 0 aliphatic carbocycles. The average molecular weight is 202 g/mol. The van der Waals surface area contributed by atoms with Gasteiger partial charge in [-0.2, -0.15) is 0 Å². The first-order chi connectivity index (χ1) is 7.09. The minimum absolute atomic E-state index is 0.0396. The number of aromatic nitrogens is 1. The van der Waals surface area contributed by atoms with Gasteiger partial charge in [0.1, 0.15) is 0 Å². The van der Waals surface area contributed by atoms with Gasteiger partial charge in [-0.25, -0.2) is 0 Å². The lowest BCUT2D eigenvalue weighted by Gasteiger charge is -2.03. The lowest BCUT2D eigenvalue weighted by molar-refractivity contribution is -0.114. The van der Waals surface area contributed by atoms with Crippen LogP contribution in [0.3, 0.4) is 0 Å². The molecule has 2 rings (SSSR count). The predicted octanol–water partition coefficient (Wildman–Crippen LogP) is 2.74. The zero-order valence-corrected chi connectivity index (χ0v) is 9.14. The van der Waals surface area contributed by atoms with E-state index in [1.54, 1.807) is 0 Å². The van der Waals surface area contributed by atoms with Gasteiger partial charge in [0, 0.05) is 23.5 Å². The average Bonchev–Trinajstić information content (AvgIpc) is 2.43. The summed E-state index contributed by atoms with van der Waals surface area (Å²) in [6, 6.07) is 6.06. The van der Waals surface area contributed by atoms with Gasteiger partial charge in [-0.3, -0.25) is 4.79 Å². The zero-order chi connectivity index (χ0) is 11.0. The van der Waals surface area contributed by atoms with Crippen LogP contribution < -0.4 is 5.32 Å². The Morgan fingerprint density at radius 2 is 2.07 bits per heavy atom. The number of nitrogens with one attached hydrogen (secondary N) is 2. The monoisotopic (exact) mass is 202 g/mol. The first-order valence-electron chi connectivity index (χ1n) is 4.95. The second kappa shape index (κ2) is 3.42. The van der Waals surface area contributed by atoms with Crippen molar-refractivity contribution in [2.24, 2.45) is 0 Å². The fourth-order valence-corrected chi connectivity index (χ4v) is 1.89. The number of rotatable bonds is 1. The summed E-state index contributed by atoms with van der Waals surface area (Å²) >= 11 is 0. The molecular formula is C12H14N2O. The first kappa shape index (κ1) is 9.77. The Labute approximate surface area is 88.5 Å². The topological polar surface area (TPSA) is 44.9 Å². The molecule has 0 aliphatic rings. The molecule has 0 atom stereocenters. The lowest BCUT2D eigenvalue weighted by Crippen LogP contribution is -2.06. The molecule has 1 amide bonds. The number of aromatic amines is 1. The van der Waals surface area contributed by atoms with Gasteiger partial charge in [-0.15, -0.1) is 0 Å². The molecule has 0 aliphatic heterocycles. The molecule has 15 heavy (non-hydrogen) atoms. The molecule has 3 heteroatoms. The van der Waals surface area contributed by atoms with Crippen molar-refractivity contribution in [3.05, 3.63) is 29.5 Å². The number of H-pyrrole nitrogens is 1. The van der Waals surface area contributed by atoms with E-state index in [9.17, 15) is 4.79 Å². The summed E-state index contributed by atoms with van der Waals surface area (Å²) in [5, 5.41) is 3.97. The summed E-state index contributed by atoms with van der Waals surface area (Å²) in [5.41, 5.74) is 4.13. The van der Waals surface area contributed by atoms with E-state index in [0.29, 0.717) is 0 Å². The van der Waals surface area contributed by atoms with Crippen LogP contribution >= 0.6 is 0 Å². The fourth-order valence-electron chi connectivity index (χ4n) is 1.89. The van der Waals surface area contributed by atoms with E-state index in [1.165, 1.54) is 12.5 Å². The van der Waals surface area contributed by atoms with Crippen LogP contribution in [0, 0.1) is 13.8 Å². The first-order valence-corrected chi connectivity index (χ1v) is 4.95. The molecule has 2 aromatic rings. The largest absolute Gasteiger partial charge is 0.357 e. The summed E-state index contributed by atoms with van der Waals surface area (Å²) in [6.07, 6.45) is 0. The summed E-state index contributed by atoms with van der Waals surface area (Å²) in [5.74, 6) is -0.0396. The van der Waals surface area contributed by atoms with Crippen LogP contribution in [0.2, 0.25) is 0 Å². The van der Waals surface area contributed by atoms with Crippen LogP contribution in [-0.2, 0) is 4.79 Å². The second-order valence-corrected chi connectivity index (χ2v) is 3.80. The van der Waals surface area contributed by atoms with E-state index >= 15 is 0 Å². The number of fused-ring (bicyclic) bond motifs is 1. The van der Waals surface area contributed by atoms with Crippen molar-refractivity contribution in [2.75, 3.05) is 5.32 Å². The van der Waals surface area contributed by atoms with Crippen LogP contribution in [0.1, 0.15) is 18.2 Å². The summed E-state index contributed by atoms with van der Waals surface area (Å²) in [4.78, 5) is 14.4. The van der Waals surface area contributed by atoms with Gasteiger partial charge in [-0.05, 0) is 25.5 Å². The quantitative estimate of drug-likeness (QED) is 0.733. The molecule has 0 fully saturated rings. The standard InChI is InChI=1S/C12H14N2O/c1-7-5-4-6-10-11(7)12(8(2)13-10)14-9(3)15/h4-6,13H,1-3H3,(H,14,15). The van der Waals surface area contributed by atoms with Gasteiger partial charge in [0.2, 0.25) is 5.91 Å². The van der Waals surface area contributed by atoms with E-state index in [2.05, 4.69) is 10.3 Å². The van der Waals surface area contributed by atoms with E-state index in [-0.39, 0.29) is 5.91 Å². The van der Waals surface area contributed by atoms with Gasteiger partial charge in [0.25, 0.3) is 0 Å². The minimum atomic E-state index is -0.0396. The maximum absolute atomic E-state index is 11.1. The molecule has 2 N–H and O–H groups in total. The maximum Gasteiger partial charge on any atom is 0.221 e. The maximum atomic E-state index is 11.1. The number of carbonyl (C=O) groups is 1. The zero-order valence-electron chi connectivity index (χ0n) is 9.14. The van der Waals surface area contributed by atoms with Crippen LogP contribution in [-0.4, -0.2) is 10.9 Å². The Morgan fingerprint density at radius 1 is 1.33 bits per heavy atom. The van der Waals surface area contributed by atoms with Crippen LogP contribution in [0.25, 0.3) is 10.9 Å². The van der Waals surface area contributed by atoms with Crippen molar-refractivity contribution in [1.29, 1.82) is 0 Å². The number of carbonyl (C=O) groups excluding carboxylic acids is 1. The second-order valence-electron chi connectivity index (χ2n) is 3.80. The molecule has 1 aromatic heterocycles. The Hall–Kier alpha value is -1.77. The van der Waals surface area contributed by atoms with Crippen molar-refractivity contribution < 1.29 is 4.79 Å². The number of benzene rings is 1. The van der Waals surface area contributed by atoms with Crippen molar-refractivity contribution in [2.45, 2.75) is 20.8 Å². The van der Waals surface area contributed by atoms with E-state index < -0.39 is 0 Å². The van der Waals surface area contributed by atoms with Crippen LogP contribution in [0.5, 0.6) is 0 Å². The highest BCUT2D eigenvalue weighted by Crippen LogP contribution is 2.29. The molecule has 1 aromatic carbocycles. The van der Waals surface area contributed by atoms with E-state index in [4.69, 9.17) is 0 Å². The molecular weight excluding hydrogens is 188 g/mol. The molecule has 0 unspecified atom stereocenters. The summed E-state index contributed by atoms with van der Waals surface area (Å²) in [6.45, 7) is 5.53. The third-order valence-electron chi connectivity index (χ3n) is 2.52. The molecule has 0 bridgehead atoms. The van der Waals surface area contributed by atoms with Crippen molar-refractivity contribution in [1.82, 2.24) is 4.98 Å². The summed E-state index contributed by atoms with van der Waals surface area (Å²) < 4.78 is 0. The highest BCUT2D eigenvalue weighted by atomic mass is 16.1. The van der Waals surface area contributed by atoms with Gasteiger partial charge in [-0.1, -0.05) is 12.1 Å². The SMILES string of the molecule is CC(=O)Nc1c(C)[nH]c2cccc(C)c12. The van der Waals surface area contributed by atoms with E-state index in [0.717, 1.165) is 22.3 Å². The number of amides is 1. The van der Waals surface area contributed by atoms with Gasteiger partial charge < -0.3 is 10.3 Å². The number of hydrogen-bond acceptors (Lipinski definition) is 1. The number of hydrogen-bond donors (Lipinski definition) is 2. The van der Waals surface area contributed by atoms with Crippen molar-refractivity contribution in [3.8, 4) is 0 Å². The Morgan fingerprint density at radius 3 is 2.73 bits per heavy atom. The van der Waals surface area contributed by atoms with Gasteiger partial charge >= 0.3 is 0 Å². The Kier molecular flexibility index (Phi) is 2.23. The fraction of sp³-hybridized carbons (Fsp3) is 0.250. The predicted molar refractivity (Wildman–Crippen MR) is 62.1 cm³/mol. The lowest BCUT2D eigenvalue weighted by atomic mass is 10.1. The van der Waals surface area contributed by atoms with Crippen molar-refractivity contribution in [3.63, 3.8) is 0 Å². The van der Waals surface area contributed by atoms with Crippen LogP contribution in [0.15, 0.2) is 18.2 Å². The third kappa shape index (κ3) is 1.61. The summed E-state index contributed by atoms with van der Waals surface area (Å²) in [7, 11) is 0. The molecule has 0 saturated heterocycles.